The predicted molar refractivity (Wildman–Crippen MR) is 114 cm³/mol. The average molecular weight is 448 g/mol. The third-order valence-electron chi connectivity index (χ3n) is 5.25. The number of amides is 1. The van der Waals surface area contributed by atoms with Crippen molar-refractivity contribution in [1.82, 2.24) is 8.87 Å². The molecule has 31 heavy (non-hydrogen) atoms. The highest BCUT2D eigenvalue weighted by molar-refractivity contribution is 7.89. The molecule has 0 aliphatic carbocycles. The molecule has 1 aromatic heterocycles. The molecular formula is C21H25N3O6S. The van der Waals surface area contributed by atoms with Crippen molar-refractivity contribution < 1.29 is 22.7 Å². The molecule has 1 fully saturated rings. The van der Waals surface area contributed by atoms with E-state index in [4.69, 9.17) is 0 Å². The van der Waals surface area contributed by atoms with E-state index < -0.39 is 27.5 Å². The second kappa shape index (κ2) is 9.44. The van der Waals surface area contributed by atoms with E-state index in [0.29, 0.717) is 30.3 Å². The summed E-state index contributed by atoms with van der Waals surface area (Å²) in [5.74, 6) is -0.552. The van der Waals surface area contributed by atoms with Crippen molar-refractivity contribution in [2.45, 2.75) is 31.2 Å². The standard InChI is InChI=1S/C21H25N3O6S/c1-15-9-12-24(13-10-15)31(28,29)18-4-3-11-23(20(18)26)14-19(25)22-17-7-5-16(6-8-17)21(27)30-2/h3-8,11,15H,9-10,12-14H2,1-2H3,(H,22,25). The van der Waals surface area contributed by atoms with Gasteiger partial charge in [0, 0.05) is 25.0 Å². The van der Waals surface area contributed by atoms with Crippen molar-refractivity contribution >= 4 is 27.6 Å². The molecule has 1 saturated heterocycles. The molecule has 0 unspecified atom stereocenters. The second-order valence-electron chi connectivity index (χ2n) is 7.51. The average Bonchev–Trinajstić information content (AvgIpc) is 2.75. The third kappa shape index (κ3) is 5.20. The van der Waals surface area contributed by atoms with Gasteiger partial charge in [0.25, 0.3) is 5.56 Å². The van der Waals surface area contributed by atoms with Gasteiger partial charge in [0.15, 0.2) is 0 Å². The van der Waals surface area contributed by atoms with Gasteiger partial charge in [-0.05, 0) is 55.2 Å². The summed E-state index contributed by atoms with van der Waals surface area (Å²) in [6.45, 7) is 2.47. The Kier molecular flexibility index (Phi) is 6.91. The van der Waals surface area contributed by atoms with Crippen LogP contribution >= 0.6 is 0 Å². The maximum atomic E-state index is 12.9. The number of aromatic nitrogens is 1. The Bertz CT molecular complexity index is 1120. The van der Waals surface area contributed by atoms with Gasteiger partial charge in [-0.1, -0.05) is 6.92 Å². The number of hydrogen-bond acceptors (Lipinski definition) is 6. The number of carbonyl (C=O) groups is 2. The lowest BCUT2D eigenvalue weighted by molar-refractivity contribution is -0.116. The molecule has 1 aliphatic rings. The van der Waals surface area contributed by atoms with Gasteiger partial charge in [-0.15, -0.1) is 0 Å². The van der Waals surface area contributed by atoms with Gasteiger partial charge in [-0.2, -0.15) is 4.31 Å². The first-order chi connectivity index (χ1) is 14.7. The first kappa shape index (κ1) is 22.7. The number of ether oxygens (including phenoxy) is 1. The van der Waals surface area contributed by atoms with Crippen LogP contribution in [0.25, 0.3) is 0 Å². The Morgan fingerprint density at radius 1 is 1.13 bits per heavy atom. The Balaban J connectivity index is 1.73. The lowest BCUT2D eigenvalue weighted by atomic mass is 10.0. The van der Waals surface area contributed by atoms with Gasteiger partial charge in [0.1, 0.15) is 11.4 Å². The van der Waals surface area contributed by atoms with Crippen LogP contribution in [-0.4, -0.2) is 49.4 Å². The van der Waals surface area contributed by atoms with Gasteiger partial charge in [0.2, 0.25) is 15.9 Å². The minimum atomic E-state index is -3.92. The van der Waals surface area contributed by atoms with Crippen LogP contribution in [0.15, 0.2) is 52.3 Å². The summed E-state index contributed by atoms with van der Waals surface area (Å²) in [6, 6.07) is 8.78. The summed E-state index contributed by atoms with van der Waals surface area (Å²) >= 11 is 0. The lowest BCUT2D eigenvalue weighted by Crippen LogP contribution is -2.41. The topological polar surface area (TPSA) is 115 Å². The lowest BCUT2D eigenvalue weighted by Gasteiger charge is -2.29. The van der Waals surface area contributed by atoms with Crippen molar-refractivity contribution in [3.63, 3.8) is 0 Å². The minimum absolute atomic E-state index is 0.334. The molecule has 0 radical (unpaired) electrons. The summed E-state index contributed by atoms with van der Waals surface area (Å²) in [5.41, 5.74) is 0.0240. The van der Waals surface area contributed by atoms with Crippen molar-refractivity contribution in [1.29, 1.82) is 0 Å². The van der Waals surface area contributed by atoms with Gasteiger partial charge < -0.3 is 14.6 Å². The van der Waals surface area contributed by atoms with E-state index in [0.717, 1.165) is 17.4 Å². The minimum Gasteiger partial charge on any atom is -0.465 e. The quantitative estimate of drug-likeness (QED) is 0.674. The smallest absolute Gasteiger partial charge is 0.337 e. The molecule has 9 nitrogen and oxygen atoms in total. The molecule has 2 aromatic rings. The number of pyridine rings is 1. The van der Waals surface area contributed by atoms with Crippen LogP contribution in [0.2, 0.25) is 0 Å². The predicted octanol–water partition coefficient (Wildman–Crippen LogP) is 1.69. The number of nitrogens with one attached hydrogen (secondary N) is 1. The Morgan fingerprint density at radius 3 is 2.39 bits per heavy atom. The van der Waals surface area contributed by atoms with E-state index >= 15 is 0 Å². The number of hydrogen-bond donors (Lipinski definition) is 1. The first-order valence-electron chi connectivity index (χ1n) is 9.90. The zero-order valence-corrected chi connectivity index (χ0v) is 18.2. The van der Waals surface area contributed by atoms with Gasteiger partial charge in [-0.3, -0.25) is 9.59 Å². The summed E-state index contributed by atoms with van der Waals surface area (Å²) in [6.07, 6.45) is 2.87. The number of methoxy groups -OCH3 is 1. The normalized spacial score (nSPS) is 15.4. The highest BCUT2D eigenvalue weighted by Crippen LogP contribution is 2.21. The molecule has 2 heterocycles. The number of anilines is 1. The summed E-state index contributed by atoms with van der Waals surface area (Å²) in [4.78, 5) is 36.3. The number of sulfonamides is 1. The molecule has 0 atom stereocenters. The van der Waals surface area contributed by atoms with Crippen LogP contribution in [0.4, 0.5) is 5.69 Å². The van der Waals surface area contributed by atoms with Crippen molar-refractivity contribution in [2.75, 3.05) is 25.5 Å². The highest BCUT2D eigenvalue weighted by Gasteiger charge is 2.30. The van der Waals surface area contributed by atoms with Crippen molar-refractivity contribution in [3.8, 4) is 0 Å². The fraction of sp³-hybridized carbons (Fsp3) is 0.381. The first-order valence-corrected chi connectivity index (χ1v) is 11.3. The molecule has 0 bridgehead atoms. The molecule has 1 amide bonds. The Morgan fingerprint density at radius 2 is 1.77 bits per heavy atom. The largest absolute Gasteiger partial charge is 0.465 e. The molecule has 3 rings (SSSR count). The Hall–Kier alpha value is -2.98. The number of rotatable bonds is 6. The Labute approximate surface area is 180 Å². The third-order valence-corrected chi connectivity index (χ3v) is 7.16. The van der Waals surface area contributed by atoms with E-state index in [1.165, 1.54) is 54.0 Å². The molecule has 0 spiro atoms. The summed E-state index contributed by atoms with van der Waals surface area (Å²) in [7, 11) is -2.65. The number of carbonyl (C=O) groups excluding carboxylic acids is 2. The monoisotopic (exact) mass is 447 g/mol. The fourth-order valence-corrected chi connectivity index (χ4v) is 4.92. The maximum absolute atomic E-state index is 12.9. The van der Waals surface area contributed by atoms with Gasteiger partial charge >= 0.3 is 5.97 Å². The molecule has 0 saturated carbocycles. The van der Waals surface area contributed by atoms with Crippen LogP contribution in [0.3, 0.4) is 0 Å². The van der Waals surface area contributed by atoms with Crippen LogP contribution in [0.1, 0.15) is 30.1 Å². The van der Waals surface area contributed by atoms with E-state index in [9.17, 15) is 22.8 Å². The SMILES string of the molecule is COC(=O)c1ccc(NC(=O)Cn2cccc(S(=O)(=O)N3CCC(C)CC3)c2=O)cc1. The zero-order chi connectivity index (χ0) is 22.6. The number of nitrogens with zero attached hydrogens (tertiary/aromatic N) is 2. The molecule has 1 aliphatic heterocycles. The fourth-order valence-electron chi connectivity index (χ4n) is 3.36. The molecule has 1 aromatic carbocycles. The van der Waals surface area contributed by atoms with Crippen LogP contribution in [0.5, 0.6) is 0 Å². The van der Waals surface area contributed by atoms with E-state index in [-0.39, 0.29) is 11.4 Å². The van der Waals surface area contributed by atoms with E-state index in [1.54, 1.807) is 0 Å². The van der Waals surface area contributed by atoms with Crippen molar-refractivity contribution in [2.24, 2.45) is 5.92 Å². The number of benzene rings is 1. The highest BCUT2D eigenvalue weighted by atomic mass is 32.2. The van der Waals surface area contributed by atoms with Gasteiger partial charge in [-0.25, -0.2) is 13.2 Å². The van der Waals surface area contributed by atoms with Gasteiger partial charge in [0.05, 0.1) is 12.7 Å². The van der Waals surface area contributed by atoms with E-state index in [1.807, 2.05) is 0 Å². The van der Waals surface area contributed by atoms with Crippen LogP contribution < -0.4 is 10.9 Å². The second-order valence-corrected chi connectivity index (χ2v) is 9.42. The van der Waals surface area contributed by atoms with Crippen LogP contribution in [0, 0.1) is 5.92 Å². The number of piperidine rings is 1. The van der Waals surface area contributed by atoms with Crippen molar-refractivity contribution in [3.05, 3.63) is 58.5 Å². The van der Waals surface area contributed by atoms with E-state index in [2.05, 4.69) is 17.0 Å². The van der Waals surface area contributed by atoms with Crippen LogP contribution in [-0.2, 0) is 26.1 Å². The zero-order valence-electron chi connectivity index (χ0n) is 17.4. The molecule has 166 valence electrons. The molecular weight excluding hydrogens is 422 g/mol. The summed E-state index contributed by atoms with van der Waals surface area (Å²) in [5, 5.41) is 2.62. The molecule has 10 heteroatoms. The number of esters is 1. The molecule has 1 N–H and O–H groups in total. The maximum Gasteiger partial charge on any atom is 0.337 e. The summed E-state index contributed by atoms with van der Waals surface area (Å²) < 4.78 is 32.9.